The van der Waals surface area contributed by atoms with Gasteiger partial charge in [-0.1, -0.05) is 18.2 Å². The Morgan fingerprint density at radius 3 is 2.85 bits per heavy atom. The van der Waals surface area contributed by atoms with Crippen molar-refractivity contribution in [2.45, 2.75) is 30.7 Å². The van der Waals surface area contributed by atoms with Crippen LogP contribution in [0.3, 0.4) is 0 Å². The topological polar surface area (TPSA) is 20.3 Å². The van der Waals surface area contributed by atoms with Crippen LogP contribution < -0.4 is 4.90 Å². The highest BCUT2D eigenvalue weighted by molar-refractivity contribution is 7.99. The van der Waals surface area contributed by atoms with E-state index >= 15 is 0 Å². The highest BCUT2D eigenvalue weighted by Crippen LogP contribution is 2.41. The van der Waals surface area contributed by atoms with Gasteiger partial charge in [-0.2, -0.15) is 0 Å². The molecule has 0 aliphatic carbocycles. The van der Waals surface area contributed by atoms with Gasteiger partial charge in [0.2, 0.25) is 5.91 Å². The molecule has 1 atom stereocenters. The van der Waals surface area contributed by atoms with Crippen LogP contribution in [0.5, 0.6) is 0 Å². The Hall–Kier alpha value is -1.26. The summed E-state index contributed by atoms with van der Waals surface area (Å²) in [6, 6.07) is 12.6. The summed E-state index contributed by atoms with van der Waals surface area (Å²) in [6.45, 7) is 1.67. The van der Waals surface area contributed by atoms with Crippen LogP contribution in [0.4, 0.5) is 5.69 Å². The number of carbonyl (C=O) groups excluding carboxylic acids is 1. The van der Waals surface area contributed by atoms with Crippen molar-refractivity contribution in [3.05, 3.63) is 46.7 Å². The molecular weight excluding hydrogens is 286 g/mol. The monoisotopic (exact) mass is 303 g/mol. The summed E-state index contributed by atoms with van der Waals surface area (Å²) in [5, 5.41) is 2.09. The predicted octanol–water partition coefficient (Wildman–Crippen LogP) is 4.73. The highest BCUT2D eigenvalue weighted by atomic mass is 32.2. The number of para-hydroxylation sites is 1. The minimum atomic E-state index is 0.123. The molecule has 1 aromatic carbocycles. The van der Waals surface area contributed by atoms with Gasteiger partial charge in [-0.25, -0.2) is 0 Å². The van der Waals surface area contributed by atoms with E-state index in [-0.39, 0.29) is 11.9 Å². The number of thioether (sulfide) groups is 1. The van der Waals surface area contributed by atoms with E-state index in [0.717, 1.165) is 24.3 Å². The SMILES string of the molecule is CC(=O)N1c2ccccc2SCCCC1c1cccs1. The summed E-state index contributed by atoms with van der Waals surface area (Å²) in [5.41, 5.74) is 1.06. The lowest BCUT2D eigenvalue weighted by Crippen LogP contribution is -2.33. The van der Waals surface area contributed by atoms with E-state index in [1.54, 1.807) is 18.3 Å². The second-order valence-electron chi connectivity index (χ2n) is 4.88. The number of rotatable bonds is 1. The summed E-state index contributed by atoms with van der Waals surface area (Å²) in [7, 11) is 0. The zero-order valence-corrected chi connectivity index (χ0v) is 13.0. The number of hydrogen-bond acceptors (Lipinski definition) is 3. The van der Waals surface area contributed by atoms with Crippen molar-refractivity contribution in [1.82, 2.24) is 0 Å². The minimum absolute atomic E-state index is 0.123. The average molecular weight is 303 g/mol. The lowest BCUT2D eigenvalue weighted by atomic mass is 10.1. The quantitative estimate of drug-likeness (QED) is 0.759. The first kappa shape index (κ1) is 13.7. The molecule has 1 unspecified atom stereocenters. The minimum Gasteiger partial charge on any atom is -0.303 e. The Bertz CT molecular complexity index is 594. The van der Waals surface area contributed by atoms with E-state index in [0.29, 0.717) is 0 Å². The van der Waals surface area contributed by atoms with E-state index < -0.39 is 0 Å². The number of thiophene rings is 1. The van der Waals surface area contributed by atoms with Crippen molar-refractivity contribution < 1.29 is 4.79 Å². The fourth-order valence-corrected chi connectivity index (χ4v) is 4.55. The van der Waals surface area contributed by atoms with Crippen molar-refractivity contribution in [2.75, 3.05) is 10.7 Å². The van der Waals surface area contributed by atoms with Crippen LogP contribution in [0.25, 0.3) is 0 Å². The number of nitrogens with zero attached hydrogens (tertiary/aromatic N) is 1. The van der Waals surface area contributed by atoms with Gasteiger partial charge < -0.3 is 4.90 Å². The Morgan fingerprint density at radius 2 is 2.10 bits per heavy atom. The molecule has 0 bridgehead atoms. The Morgan fingerprint density at radius 1 is 1.25 bits per heavy atom. The molecule has 104 valence electrons. The van der Waals surface area contributed by atoms with E-state index in [9.17, 15) is 4.79 Å². The van der Waals surface area contributed by atoms with Gasteiger partial charge >= 0.3 is 0 Å². The van der Waals surface area contributed by atoms with Gasteiger partial charge in [0.05, 0.1) is 11.7 Å². The van der Waals surface area contributed by atoms with E-state index in [1.165, 1.54) is 9.77 Å². The molecule has 0 spiro atoms. The molecule has 0 radical (unpaired) electrons. The molecule has 0 fully saturated rings. The van der Waals surface area contributed by atoms with Crippen LogP contribution in [-0.2, 0) is 4.79 Å². The highest BCUT2D eigenvalue weighted by Gasteiger charge is 2.28. The van der Waals surface area contributed by atoms with Crippen LogP contribution in [-0.4, -0.2) is 11.7 Å². The lowest BCUT2D eigenvalue weighted by molar-refractivity contribution is -0.117. The van der Waals surface area contributed by atoms with Crippen molar-refractivity contribution in [3.8, 4) is 0 Å². The van der Waals surface area contributed by atoms with E-state index in [1.807, 2.05) is 28.8 Å². The smallest absolute Gasteiger partial charge is 0.224 e. The normalized spacial score (nSPS) is 19.1. The fourth-order valence-electron chi connectivity index (χ4n) is 2.67. The first-order valence-corrected chi connectivity index (χ1v) is 8.69. The summed E-state index contributed by atoms with van der Waals surface area (Å²) in [5.74, 6) is 1.24. The van der Waals surface area contributed by atoms with Crippen LogP contribution in [0.15, 0.2) is 46.7 Å². The van der Waals surface area contributed by atoms with Crippen molar-refractivity contribution >= 4 is 34.7 Å². The van der Waals surface area contributed by atoms with Gasteiger partial charge in [0.1, 0.15) is 0 Å². The number of benzene rings is 1. The van der Waals surface area contributed by atoms with Gasteiger partial charge in [-0.3, -0.25) is 4.79 Å². The molecule has 0 N–H and O–H groups in total. The van der Waals surface area contributed by atoms with Gasteiger partial charge in [0, 0.05) is 16.7 Å². The van der Waals surface area contributed by atoms with Crippen LogP contribution >= 0.6 is 23.1 Å². The van der Waals surface area contributed by atoms with Gasteiger partial charge in [0.15, 0.2) is 0 Å². The maximum atomic E-state index is 12.3. The Kier molecular flexibility index (Phi) is 4.13. The lowest BCUT2D eigenvalue weighted by Gasteiger charge is -2.33. The van der Waals surface area contributed by atoms with Crippen molar-refractivity contribution in [2.24, 2.45) is 0 Å². The Balaban J connectivity index is 2.09. The molecule has 1 aliphatic rings. The molecule has 0 saturated heterocycles. The number of hydrogen-bond donors (Lipinski definition) is 0. The number of carbonyl (C=O) groups is 1. The van der Waals surface area contributed by atoms with E-state index in [2.05, 4.69) is 29.6 Å². The summed E-state index contributed by atoms with van der Waals surface area (Å²) >= 11 is 3.59. The van der Waals surface area contributed by atoms with Gasteiger partial charge in [-0.15, -0.1) is 23.1 Å². The van der Waals surface area contributed by atoms with E-state index in [4.69, 9.17) is 0 Å². The van der Waals surface area contributed by atoms with Crippen LogP contribution in [0, 0.1) is 0 Å². The zero-order chi connectivity index (χ0) is 13.9. The van der Waals surface area contributed by atoms with Gasteiger partial charge in [0.25, 0.3) is 0 Å². The molecule has 2 heterocycles. The molecule has 0 saturated carbocycles. The summed E-state index contributed by atoms with van der Waals surface area (Å²) < 4.78 is 0. The molecule has 4 heteroatoms. The van der Waals surface area contributed by atoms with Crippen molar-refractivity contribution in [1.29, 1.82) is 0 Å². The number of anilines is 1. The molecule has 1 amide bonds. The molecular formula is C16H17NOS2. The van der Waals surface area contributed by atoms with Gasteiger partial charge in [-0.05, 0) is 42.2 Å². The van der Waals surface area contributed by atoms with Crippen molar-refractivity contribution in [3.63, 3.8) is 0 Å². The molecule has 1 aliphatic heterocycles. The Labute approximate surface area is 127 Å². The predicted molar refractivity (Wildman–Crippen MR) is 86.6 cm³/mol. The molecule has 2 aromatic rings. The second kappa shape index (κ2) is 6.02. The summed E-state index contributed by atoms with van der Waals surface area (Å²) in [4.78, 5) is 16.7. The standard InChI is InChI=1S/C16H17NOS2/c1-12(18)17-13-6-2-3-8-15(13)19-10-4-7-14(17)16-9-5-11-20-16/h2-3,5-6,8-9,11,14H,4,7,10H2,1H3. The summed E-state index contributed by atoms with van der Waals surface area (Å²) in [6.07, 6.45) is 2.16. The number of fused-ring (bicyclic) bond motifs is 1. The maximum absolute atomic E-state index is 12.3. The molecule has 20 heavy (non-hydrogen) atoms. The molecule has 2 nitrogen and oxygen atoms in total. The second-order valence-corrected chi connectivity index (χ2v) is 6.99. The third kappa shape index (κ3) is 2.63. The third-order valence-electron chi connectivity index (χ3n) is 3.53. The molecule has 3 rings (SSSR count). The maximum Gasteiger partial charge on any atom is 0.224 e. The zero-order valence-electron chi connectivity index (χ0n) is 11.4. The third-order valence-corrected chi connectivity index (χ3v) is 5.65. The van der Waals surface area contributed by atoms with Crippen LogP contribution in [0.1, 0.15) is 30.7 Å². The fraction of sp³-hybridized carbons (Fsp3) is 0.312. The first-order chi connectivity index (χ1) is 9.77. The first-order valence-electron chi connectivity index (χ1n) is 6.82. The molecule has 1 aromatic heterocycles. The van der Waals surface area contributed by atoms with Crippen LogP contribution in [0.2, 0.25) is 0 Å². The largest absolute Gasteiger partial charge is 0.303 e. The number of amides is 1. The average Bonchev–Trinajstić information content (AvgIpc) is 2.93.